The topological polar surface area (TPSA) is 54.9 Å². The van der Waals surface area contributed by atoms with Crippen molar-refractivity contribution >= 4 is 11.6 Å². The number of nitrogens with one attached hydrogen (secondary N) is 1. The highest BCUT2D eigenvalue weighted by molar-refractivity contribution is 6.04. The zero-order valence-corrected chi connectivity index (χ0v) is 17.1. The van der Waals surface area contributed by atoms with Crippen LogP contribution in [0.25, 0.3) is 22.4 Å². The largest absolute Gasteiger partial charge is 0.319 e. The van der Waals surface area contributed by atoms with Crippen LogP contribution in [0.4, 0.5) is 14.5 Å². The van der Waals surface area contributed by atoms with Gasteiger partial charge < -0.3 is 5.32 Å². The second kappa shape index (κ2) is 8.30. The second-order valence-electron chi connectivity index (χ2n) is 7.78. The number of benzene rings is 2. The third-order valence-corrected chi connectivity index (χ3v) is 5.66. The van der Waals surface area contributed by atoms with Crippen LogP contribution in [0.15, 0.2) is 73.2 Å². The molecule has 1 aliphatic rings. The van der Waals surface area contributed by atoms with E-state index in [0.29, 0.717) is 5.56 Å². The molecule has 0 atom stereocenters. The molecule has 0 saturated carbocycles. The minimum absolute atomic E-state index is 0.0715. The molecule has 2 aromatic carbocycles. The highest BCUT2D eigenvalue weighted by atomic mass is 19.1. The van der Waals surface area contributed by atoms with E-state index >= 15 is 0 Å². The molecule has 32 heavy (non-hydrogen) atoms. The number of aryl methyl sites for hydroxylation is 2. The molecule has 1 N–H and O–H groups in total. The van der Waals surface area contributed by atoms with Gasteiger partial charge in [0.2, 0.25) is 0 Å². The summed E-state index contributed by atoms with van der Waals surface area (Å²) in [6.45, 7) is 0. The van der Waals surface area contributed by atoms with E-state index in [0.717, 1.165) is 59.3 Å². The van der Waals surface area contributed by atoms with Crippen LogP contribution in [0, 0.1) is 11.6 Å². The zero-order valence-electron chi connectivity index (χ0n) is 17.1. The zero-order chi connectivity index (χ0) is 22.1. The summed E-state index contributed by atoms with van der Waals surface area (Å²) in [5.41, 5.74) is 6.44. The Hall–Kier alpha value is -3.93. The lowest BCUT2D eigenvalue weighted by Gasteiger charge is -2.12. The maximum absolute atomic E-state index is 13.9. The van der Waals surface area contributed by atoms with Gasteiger partial charge in [-0.05, 0) is 66.3 Å². The third-order valence-electron chi connectivity index (χ3n) is 5.66. The van der Waals surface area contributed by atoms with Gasteiger partial charge in [0, 0.05) is 35.8 Å². The molecular weight excluding hydrogens is 408 g/mol. The number of anilines is 1. The summed E-state index contributed by atoms with van der Waals surface area (Å²) < 4.78 is 27.0. The lowest BCUT2D eigenvalue weighted by molar-refractivity contribution is 0.102. The summed E-state index contributed by atoms with van der Waals surface area (Å²) in [7, 11) is 0. The molecule has 0 unspecified atom stereocenters. The van der Waals surface area contributed by atoms with Crippen molar-refractivity contribution in [2.45, 2.75) is 19.3 Å². The molecule has 2 aromatic heterocycles. The molecule has 0 fully saturated rings. The van der Waals surface area contributed by atoms with Crippen molar-refractivity contribution in [2.75, 3.05) is 5.32 Å². The van der Waals surface area contributed by atoms with Gasteiger partial charge in [-0.2, -0.15) is 0 Å². The molecule has 4 nitrogen and oxygen atoms in total. The maximum atomic E-state index is 13.9. The summed E-state index contributed by atoms with van der Waals surface area (Å²) in [6, 6.07) is 15.1. The van der Waals surface area contributed by atoms with E-state index in [1.54, 1.807) is 6.20 Å². The Bertz CT molecular complexity index is 1320. The number of hydrogen-bond acceptors (Lipinski definition) is 3. The molecule has 2 heterocycles. The predicted molar refractivity (Wildman–Crippen MR) is 119 cm³/mol. The van der Waals surface area contributed by atoms with Crippen LogP contribution in [0.2, 0.25) is 0 Å². The average Bonchev–Trinajstić information content (AvgIpc) is 2.99. The SMILES string of the molecule is O=C(Nc1ccc(F)cc1F)c1cnc2c(c1)CCCc1ccc(-c3cccnc3)cc1-2. The van der Waals surface area contributed by atoms with Crippen LogP contribution in [0.5, 0.6) is 0 Å². The predicted octanol–water partition coefficient (Wildman–Crippen LogP) is 5.83. The van der Waals surface area contributed by atoms with E-state index in [2.05, 4.69) is 33.5 Å². The number of pyridine rings is 2. The van der Waals surface area contributed by atoms with Crippen LogP contribution in [-0.2, 0) is 12.8 Å². The summed E-state index contributed by atoms with van der Waals surface area (Å²) in [6.07, 6.45) is 7.71. The van der Waals surface area contributed by atoms with E-state index in [9.17, 15) is 13.6 Å². The van der Waals surface area contributed by atoms with Gasteiger partial charge in [0.1, 0.15) is 11.6 Å². The highest BCUT2D eigenvalue weighted by Crippen LogP contribution is 2.34. The molecule has 6 heteroatoms. The van der Waals surface area contributed by atoms with E-state index in [4.69, 9.17) is 0 Å². The smallest absolute Gasteiger partial charge is 0.257 e. The average molecular weight is 427 g/mol. The van der Waals surface area contributed by atoms with Gasteiger partial charge in [0.15, 0.2) is 0 Å². The number of carbonyl (C=O) groups is 1. The number of aromatic nitrogens is 2. The van der Waals surface area contributed by atoms with Crippen molar-refractivity contribution in [3.05, 3.63) is 102 Å². The van der Waals surface area contributed by atoms with Gasteiger partial charge in [-0.15, -0.1) is 0 Å². The van der Waals surface area contributed by atoms with Crippen molar-refractivity contribution in [3.63, 3.8) is 0 Å². The normalized spacial score (nSPS) is 12.4. The molecule has 0 spiro atoms. The van der Waals surface area contributed by atoms with Crippen LogP contribution < -0.4 is 5.32 Å². The quantitative estimate of drug-likeness (QED) is 0.448. The molecule has 0 radical (unpaired) electrons. The highest BCUT2D eigenvalue weighted by Gasteiger charge is 2.19. The molecule has 0 saturated heterocycles. The number of rotatable bonds is 3. The van der Waals surface area contributed by atoms with Crippen molar-refractivity contribution in [2.24, 2.45) is 0 Å². The summed E-state index contributed by atoms with van der Waals surface area (Å²) >= 11 is 0. The Balaban J connectivity index is 1.49. The molecule has 1 aliphatic carbocycles. The van der Waals surface area contributed by atoms with Crippen LogP contribution >= 0.6 is 0 Å². The Morgan fingerprint density at radius 1 is 0.906 bits per heavy atom. The second-order valence-corrected chi connectivity index (χ2v) is 7.78. The number of fused-ring (bicyclic) bond motifs is 3. The lowest BCUT2D eigenvalue weighted by Crippen LogP contribution is -2.14. The summed E-state index contributed by atoms with van der Waals surface area (Å²) in [4.78, 5) is 21.5. The minimum atomic E-state index is -0.821. The van der Waals surface area contributed by atoms with Crippen molar-refractivity contribution < 1.29 is 13.6 Å². The van der Waals surface area contributed by atoms with Crippen molar-refractivity contribution in [3.8, 4) is 22.4 Å². The van der Waals surface area contributed by atoms with E-state index in [1.807, 2.05) is 24.4 Å². The number of hydrogen-bond donors (Lipinski definition) is 1. The number of amides is 1. The Morgan fingerprint density at radius 3 is 2.59 bits per heavy atom. The molecule has 4 aromatic rings. The molecule has 5 rings (SSSR count). The first-order valence-electron chi connectivity index (χ1n) is 10.4. The van der Waals surface area contributed by atoms with Crippen molar-refractivity contribution in [1.29, 1.82) is 0 Å². The number of carbonyl (C=O) groups excluding carboxylic acids is 1. The Labute approximate surface area is 184 Å². The van der Waals surface area contributed by atoms with Crippen LogP contribution in [0.3, 0.4) is 0 Å². The van der Waals surface area contributed by atoms with Gasteiger partial charge in [-0.25, -0.2) is 8.78 Å². The third kappa shape index (κ3) is 3.87. The van der Waals surface area contributed by atoms with Gasteiger partial charge in [-0.1, -0.05) is 18.2 Å². The lowest BCUT2D eigenvalue weighted by atomic mass is 9.96. The number of halogens is 2. The van der Waals surface area contributed by atoms with E-state index in [1.165, 1.54) is 17.8 Å². The van der Waals surface area contributed by atoms with Gasteiger partial charge in [0.25, 0.3) is 5.91 Å². The Morgan fingerprint density at radius 2 is 1.78 bits per heavy atom. The standard InChI is InChI=1S/C26H19F2N3O/c27-21-8-9-24(23(28)13-21)31-26(32)20-11-18-4-1-3-16-6-7-17(19-5-2-10-29-14-19)12-22(16)25(18)30-15-20/h2,5-15H,1,3-4H2,(H,31,32). The van der Waals surface area contributed by atoms with Crippen LogP contribution in [0.1, 0.15) is 27.9 Å². The van der Waals surface area contributed by atoms with Crippen LogP contribution in [-0.4, -0.2) is 15.9 Å². The van der Waals surface area contributed by atoms with E-state index in [-0.39, 0.29) is 5.69 Å². The summed E-state index contributed by atoms with van der Waals surface area (Å²) in [5, 5.41) is 2.50. The molecule has 158 valence electrons. The maximum Gasteiger partial charge on any atom is 0.257 e. The molecule has 0 aliphatic heterocycles. The first-order valence-corrected chi connectivity index (χ1v) is 10.4. The minimum Gasteiger partial charge on any atom is -0.319 e. The Kier molecular flexibility index (Phi) is 5.19. The fourth-order valence-corrected chi connectivity index (χ4v) is 4.05. The monoisotopic (exact) mass is 427 g/mol. The summed E-state index contributed by atoms with van der Waals surface area (Å²) in [5.74, 6) is -2.01. The van der Waals surface area contributed by atoms with E-state index < -0.39 is 17.5 Å². The fraction of sp³-hybridized carbons (Fsp3) is 0.115. The molecule has 0 bridgehead atoms. The fourth-order valence-electron chi connectivity index (χ4n) is 4.05. The molecular formula is C26H19F2N3O. The first-order chi connectivity index (χ1) is 15.6. The first kappa shape index (κ1) is 20.0. The van der Waals surface area contributed by atoms with Gasteiger partial charge in [0.05, 0.1) is 16.9 Å². The van der Waals surface area contributed by atoms with Gasteiger partial charge >= 0.3 is 0 Å². The molecule has 1 amide bonds. The number of nitrogens with zero attached hydrogens (tertiary/aromatic N) is 2. The van der Waals surface area contributed by atoms with Crippen molar-refractivity contribution in [1.82, 2.24) is 9.97 Å². The van der Waals surface area contributed by atoms with Gasteiger partial charge in [-0.3, -0.25) is 14.8 Å².